The fourth-order valence-corrected chi connectivity index (χ4v) is 1.27. The number of nitrogens with zero attached hydrogens (tertiary/aromatic N) is 4. The van der Waals surface area contributed by atoms with E-state index < -0.39 is 0 Å². The number of rotatable bonds is 3. The predicted molar refractivity (Wildman–Crippen MR) is 67.3 cm³/mol. The fourth-order valence-electron chi connectivity index (χ4n) is 1.27. The quantitative estimate of drug-likeness (QED) is 0.603. The van der Waals surface area contributed by atoms with Crippen molar-refractivity contribution in [2.45, 2.75) is 0 Å². The summed E-state index contributed by atoms with van der Waals surface area (Å²) in [5.41, 5.74) is 7.12. The lowest BCUT2D eigenvalue weighted by Gasteiger charge is -1.95. The molecule has 1 aromatic carbocycles. The number of nitrogens with two attached hydrogens (primary N) is 1. The Morgan fingerprint density at radius 2 is 2.11 bits per heavy atom. The molecule has 2 rings (SSSR count). The van der Waals surface area contributed by atoms with E-state index in [4.69, 9.17) is 5.73 Å². The van der Waals surface area contributed by atoms with Crippen LogP contribution in [0.15, 0.2) is 30.3 Å². The summed E-state index contributed by atoms with van der Waals surface area (Å²) < 4.78 is 0. The molecule has 0 aliphatic carbocycles. The number of hydrogen-bond acceptors (Lipinski definition) is 5. The molecule has 0 fully saturated rings. The average molecular weight is 244 g/mol. The zero-order chi connectivity index (χ0) is 13.0. The van der Waals surface area contributed by atoms with Gasteiger partial charge in [-0.3, -0.25) is 10.1 Å². The van der Waals surface area contributed by atoms with Crippen LogP contribution < -0.4 is 11.1 Å². The Morgan fingerprint density at radius 1 is 1.39 bits per heavy atom. The molecular weight excluding hydrogens is 232 g/mol. The number of nitrogen functional groups attached to an aromatic ring is 1. The maximum absolute atomic E-state index is 11.5. The van der Waals surface area contributed by atoms with Crippen LogP contribution >= 0.6 is 0 Å². The fraction of sp³-hybridized carbons (Fsp3) is 0.0909. The number of benzene rings is 1. The lowest BCUT2D eigenvalue weighted by atomic mass is 10.2. The minimum absolute atomic E-state index is 0.171. The molecule has 0 saturated carbocycles. The summed E-state index contributed by atoms with van der Waals surface area (Å²) in [5, 5.41) is 13.6. The van der Waals surface area contributed by atoms with Gasteiger partial charge in [-0.05, 0) is 29.0 Å². The van der Waals surface area contributed by atoms with Gasteiger partial charge in [0.05, 0.1) is 7.05 Å². The van der Waals surface area contributed by atoms with Gasteiger partial charge in [0.1, 0.15) is 0 Å². The third-order valence-corrected chi connectivity index (χ3v) is 2.11. The Morgan fingerprint density at radius 3 is 2.72 bits per heavy atom. The second-order valence-electron chi connectivity index (χ2n) is 3.59. The molecule has 0 saturated heterocycles. The highest BCUT2D eigenvalue weighted by atomic mass is 16.1. The minimum Gasteiger partial charge on any atom is -0.399 e. The van der Waals surface area contributed by atoms with Crippen molar-refractivity contribution in [1.82, 2.24) is 20.2 Å². The van der Waals surface area contributed by atoms with Crippen LogP contribution in [-0.4, -0.2) is 26.1 Å². The van der Waals surface area contributed by atoms with E-state index >= 15 is 0 Å². The summed E-state index contributed by atoms with van der Waals surface area (Å²) in [5.74, 6) is -0.149. The molecule has 2 aromatic rings. The van der Waals surface area contributed by atoms with Crippen molar-refractivity contribution in [3.8, 4) is 0 Å². The molecule has 3 N–H and O–H groups in total. The Hall–Kier alpha value is -2.70. The van der Waals surface area contributed by atoms with Gasteiger partial charge in [0, 0.05) is 11.8 Å². The normalized spacial score (nSPS) is 10.7. The Kier molecular flexibility index (Phi) is 3.33. The summed E-state index contributed by atoms with van der Waals surface area (Å²) >= 11 is 0. The third-order valence-electron chi connectivity index (χ3n) is 2.11. The first-order valence-corrected chi connectivity index (χ1v) is 5.22. The van der Waals surface area contributed by atoms with E-state index in [9.17, 15) is 4.79 Å². The molecule has 92 valence electrons. The number of carbonyl (C=O) groups excluding carboxylic acids is 1. The van der Waals surface area contributed by atoms with Gasteiger partial charge in [0.15, 0.2) is 0 Å². The number of anilines is 2. The third kappa shape index (κ3) is 3.14. The first kappa shape index (κ1) is 11.8. The molecule has 0 bridgehead atoms. The highest BCUT2D eigenvalue weighted by molar-refractivity contribution is 6.00. The van der Waals surface area contributed by atoms with Crippen LogP contribution in [0.1, 0.15) is 5.56 Å². The van der Waals surface area contributed by atoms with Crippen LogP contribution in [-0.2, 0) is 11.8 Å². The molecule has 1 amide bonds. The number of hydrogen-bond donors (Lipinski definition) is 2. The molecular formula is C11H12N6O. The molecule has 0 aliphatic heterocycles. The van der Waals surface area contributed by atoms with Gasteiger partial charge in [-0.1, -0.05) is 17.2 Å². The van der Waals surface area contributed by atoms with Crippen LogP contribution in [0.4, 0.5) is 11.6 Å². The largest absolute Gasteiger partial charge is 0.399 e. The average Bonchev–Trinajstić information content (AvgIpc) is 2.74. The molecule has 0 aliphatic rings. The van der Waals surface area contributed by atoms with Crippen molar-refractivity contribution >= 4 is 23.6 Å². The number of aryl methyl sites for hydroxylation is 1. The van der Waals surface area contributed by atoms with Crippen LogP contribution in [0.2, 0.25) is 0 Å². The van der Waals surface area contributed by atoms with Gasteiger partial charge in [0.2, 0.25) is 0 Å². The van der Waals surface area contributed by atoms with Gasteiger partial charge in [-0.2, -0.15) is 4.80 Å². The maximum Gasteiger partial charge on any atom is 0.270 e. The van der Waals surface area contributed by atoms with Crippen molar-refractivity contribution in [2.75, 3.05) is 11.1 Å². The van der Waals surface area contributed by atoms with Gasteiger partial charge < -0.3 is 5.73 Å². The van der Waals surface area contributed by atoms with Crippen LogP contribution in [0.5, 0.6) is 0 Å². The van der Waals surface area contributed by atoms with Crippen LogP contribution in [0.3, 0.4) is 0 Å². The Labute approximate surface area is 103 Å². The maximum atomic E-state index is 11.5. The summed E-state index contributed by atoms with van der Waals surface area (Å²) in [4.78, 5) is 12.8. The topological polar surface area (TPSA) is 98.7 Å². The zero-order valence-corrected chi connectivity index (χ0v) is 9.74. The van der Waals surface area contributed by atoms with E-state index in [2.05, 4.69) is 20.7 Å². The molecule has 7 heteroatoms. The van der Waals surface area contributed by atoms with Crippen molar-refractivity contribution in [3.05, 3.63) is 35.9 Å². The zero-order valence-electron chi connectivity index (χ0n) is 9.74. The van der Waals surface area contributed by atoms with E-state index in [1.54, 1.807) is 25.3 Å². The first-order chi connectivity index (χ1) is 8.63. The molecule has 0 atom stereocenters. The van der Waals surface area contributed by atoms with Gasteiger partial charge >= 0.3 is 0 Å². The second kappa shape index (κ2) is 5.09. The van der Waals surface area contributed by atoms with Crippen molar-refractivity contribution < 1.29 is 4.79 Å². The molecule has 18 heavy (non-hydrogen) atoms. The highest BCUT2D eigenvalue weighted by Gasteiger charge is 2.02. The summed E-state index contributed by atoms with van der Waals surface area (Å²) in [6.45, 7) is 0. The van der Waals surface area contributed by atoms with Gasteiger partial charge in [-0.15, -0.1) is 5.10 Å². The summed E-state index contributed by atoms with van der Waals surface area (Å²) in [7, 11) is 1.62. The molecule has 0 radical (unpaired) electrons. The van der Waals surface area contributed by atoms with Gasteiger partial charge in [0.25, 0.3) is 11.9 Å². The standard InChI is InChI=1S/C11H12N6O/c1-17-15-11(14-16-17)13-10(18)7-4-8-2-5-9(12)6-3-8/h2-7H,12H2,1H3,(H,13,15,18)/b7-4+. The van der Waals surface area contributed by atoms with E-state index in [0.717, 1.165) is 5.56 Å². The lowest BCUT2D eigenvalue weighted by Crippen LogP contribution is -2.09. The monoisotopic (exact) mass is 244 g/mol. The van der Waals surface area contributed by atoms with Crippen molar-refractivity contribution in [1.29, 1.82) is 0 Å². The van der Waals surface area contributed by atoms with E-state index in [0.29, 0.717) is 5.69 Å². The number of carbonyl (C=O) groups is 1. The Balaban J connectivity index is 1.96. The Bertz CT molecular complexity index is 571. The highest BCUT2D eigenvalue weighted by Crippen LogP contribution is 2.07. The SMILES string of the molecule is Cn1nnc(NC(=O)/C=C/c2ccc(N)cc2)n1. The van der Waals surface area contributed by atoms with Crippen LogP contribution in [0, 0.1) is 0 Å². The molecule has 1 aromatic heterocycles. The second-order valence-corrected chi connectivity index (χ2v) is 3.59. The molecule has 7 nitrogen and oxygen atoms in total. The predicted octanol–water partition coefficient (Wildman–Crippen LogP) is 0.444. The number of tetrazole rings is 1. The summed E-state index contributed by atoms with van der Waals surface area (Å²) in [6.07, 6.45) is 3.06. The molecule has 1 heterocycles. The smallest absolute Gasteiger partial charge is 0.270 e. The van der Waals surface area contributed by atoms with E-state index in [-0.39, 0.29) is 11.9 Å². The minimum atomic E-state index is -0.320. The molecule has 0 spiro atoms. The number of aromatic nitrogens is 4. The van der Waals surface area contributed by atoms with Crippen molar-refractivity contribution in [3.63, 3.8) is 0 Å². The van der Waals surface area contributed by atoms with Crippen LogP contribution in [0.25, 0.3) is 6.08 Å². The van der Waals surface area contributed by atoms with E-state index in [1.165, 1.54) is 10.9 Å². The van der Waals surface area contributed by atoms with E-state index in [1.807, 2.05) is 12.1 Å². The lowest BCUT2D eigenvalue weighted by molar-refractivity contribution is -0.111. The number of nitrogens with one attached hydrogen (secondary N) is 1. The van der Waals surface area contributed by atoms with Crippen molar-refractivity contribution in [2.24, 2.45) is 7.05 Å². The van der Waals surface area contributed by atoms with Gasteiger partial charge in [-0.25, -0.2) is 0 Å². The summed E-state index contributed by atoms with van der Waals surface area (Å²) in [6, 6.07) is 7.17. The molecule has 0 unspecified atom stereocenters. The first-order valence-electron chi connectivity index (χ1n) is 5.22. The number of amides is 1.